The molecule has 1 saturated heterocycles. The number of nitrogens with one attached hydrogen (secondary N) is 1. The Hall–Kier alpha value is -1.99. The van der Waals surface area contributed by atoms with E-state index in [1.165, 1.54) is 0 Å². The van der Waals surface area contributed by atoms with Gasteiger partial charge in [-0.3, -0.25) is 9.79 Å². The lowest BCUT2D eigenvalue weighted by atomic mass is 10.2. The fraction of sp³-hybridized carbons (Fsp3) is 0.429. The van der Waals surface area contributed by atoms with Crippen molar-refractivity contribution in [1.29, 1.82) is 0 Å². The van der Waals surface area contributed by atoms with E-state index in [2.05, 4.69) is 10.3 Å². The molecule has 22 heavy (non-hydrogen) atoms. The lowest BCUT2D eigenvalue weighted by Crippen LogP contribution is -2.29. The number of carbonyl (C=O) groups is 1. The zero-order valence-corrected chi connectivity index (χ0v) is 13.0. The van der Waals surface area contributed by atoms with Crippen LogP contribution in [0.1, 0.15) is 12.8 Å². The van der Waals surface area contributed by atoms with Gasteiger partial charge in [0.15, 0.2) is 5.96 Å². The molecule has 1 aliphatic rings. The van der Waals surface area contributed by atoms with E-state index in [1.54, 1.807) is 25.3 Å². The van der Waals surface area contributed by atoms with Crippen molar-refractivity contribution < 1.29 is 14.3 Å². The molecular formula is C14H19ClN4O3. The van der Waals surface area contributed by atoms with Crippen LogP contribution in [0.3, 0.4) is 0 Å². The third kappa shape index (κ3) is 4.25. The molecule has 0 aromatic heterocycles. The molecule has 0 saturated carbocycles. The summed E-state index contributed by atoms with van der Waals surface area (Å²) in [4.78, 5) is 15.2. The third-order valence-electron chi connectivity index (χ3n) is 3.31. The molecule has 7 nitrogen and oxygen atoms in total. The van der Waals surface area contributed by atoms with Gasteiger partial charge < -0.3 is 26.3 Å². The quantitative estimate of drug-likeness (QED) is 0.554. The molecule has 120 valence electrons. The summed E-state index contributed by atoms with van der Waals surface area (Å²) < 4.78 is 10.5. The summed E-state index contributed by atoms with van der Waals surface area (Å²) in [6, 6.07) is 5.20. The Morgan fingerprint density at radius 3 is 2.86 bits per heavy atom. The second kappa shape index (κ2) is 7.33. The minimum absolute atomic E-state index is 0.141. The SMILES string of the molecule is COc1ccc(NC(N)=NCC2CCC(C(N)=O)O2)cc1Cl. The number of hydrogen-bond donors (Lipinski definition) is 3. The van der Waals surface area contributed by atoms with Crippen molar-refractivity contribution in [2.24, 2.45) is 16.5 Å². The largest absolute Gasteiger partial charge is 0.495 e. The van der Waals surface area contributed by atoms with E-state index in [9.17, 15) is 4.79 Å². The van der Waals surface area contributed by atoms with Crippen LogP contribution in [0.5, 0.6) is 5.75 Å². The second-order valence-electron chi connectivity index (χ2n) is 4.93. The lowest BCUT2D eigenvalue weighted by molar-refractivity contribution is -0.128. The zero-order chi connectivity index (χ0) is 16.1. The molecule has 5 N–H and O–H groups in total. The van der Waals surface area contributed by atoms with Crippen LogP contribution < -0.4 is 21.5 Å². The highest BCUT2D eigenvalue weighted by atomic mass is 35.5. The molecule has 2 unspecified atom stereocenters. The predicted molar refractivity (Wildman–Crippen MR) is 85.2 cm³/mol. The Labute approximate surface area is 133 Å². The molecule has 1 aliphatic heterocycles. The highest BCUT2D eigenvalue weighted by molar-refractivity contribution is 6.32. The Bertz CT molecular complexity index is 579. The first-order valence-corrected chi connectivity index (χ1v) is 7.22. The van der Waals surface area contributed by atoms with Gasteiger partial charge in [0.2, 0.25) is 5.91 Å². The first-order chi connectivity index (χ1) is 10.5. The van der Waals surface area contributed by atoms with Gasteiger partial charge in [0.1, 0.15) is 11.9 Å². The number of nitrogens with zero attached hydrogens (tertiary/aromatic N) is 1. The topological polar surface area (TPSA) is 112 Å². The maximum Gasteiger partial charge on any atom is 0.246 e. The van der Waals surface area contributed by atoms with Crippen LogP contribution in [0.25, 0.3) is 0 Å². The van der Waals surface area contributed by atoms with Crippen molar-refractivity contribution in [2.75, 3.05) is 19.0 Å². The predicted octanol–water partition coefficient (Wildman–Crippen LogP) is 1.11. The third-order valence-corrected chi connectivity index (χ3v) is 3.61. The highest BCUT2D eigenvalue weighted by Crippen LogP contribution is 2.27. The summed E-state index contributed by atoms with van der Waals surface area (Å²) in [5, 5.41) is 3.41. The van der Waals surface area contributed by atoms with Crippen LogP contribution in [0.15, 0.2) is 23.2 Å². The average Bonchev–Trinajstić information content (AvgIpc) is 2.94. The molecule has 2 atom stereocenters. The number of methoxy groups -OCH3 is 1. The van der Waals surface area contributed by atoms with E-state index >= 15 is 0 Å². The summed E-state index contributed by atoms with van der Waals surface area (Å²) in [5.41, 5.74) is 11.7. The van der Waals surface area contributed by atoms with Gasteiger partial charge in [-0.1, -0.05) is 11.6 Å². The van der Waals surface area contributed by atoms with Crippen LogP contribution >= 0.6 is 11.6 Å². The van der Waals surface area contributed by atoms with Crippen molar-refractivity contribution in [1.82, 2.24) is 0 Å². The van der Waals surface area contributed by atoms with Crippen LogP contribution in [-0.4, -0.2) is 37.7 Å². The van der Waals surface area contributed by atoms with Crippen molar-refractivity contribution in [2.45, 2.75) is 25.0 Å². The Morgan fingerprint density at radius 2 is 2.27 bits per heavy atom. The maximum absolute atomic E-state index is 11.0. The molecule has 1 aromatic rings. The molecule has 2 rings (SSSR count). The summed E-state index contributed by atoms with van der Waals surface area (Å²) in [7, 11) is 1.55. The molecule has 0 aliphatic carbocycles. The first-order valence-electron chi connectivity index (χ1n) is 6.85. The molecule has 1 amide bonds. The van der Waals surface area contributed by atoms with Gasteiger partial charge in [-0.25, -0.2) is 0 Å². The highest BCUT2D eigenvalue weighted by Gasteiger charge is 2.28. The summed E-state index contributed by atoms with van der Waals surface area (Å²) in [5.74, 6) is 0.386. The van der Waals surface area contributed by atoms with Crippen LogP contribution in [0.2, 0.25) is 5.02 Å². The molecule has 0 radical (unpaired) electrons. The van der Waals surface area contributed by atoms with E-state index in [0.29, 0.717) is 29.4 Å². The molecule has 1 aromatic carbocycles. The van der Waals surface area contributed by atoms with E-state index < -0.39 is 12.0 Å². The molecule has 0 spiro atoms. The lowest BCUT2D eigenvalue weighted by Gasteiger charge is -2.11. The number of anilines is 1. The monoisotopic (exact) mass is 326 g/mol. The fourth-order valence-electron chi connectivity index (χ4n) is 2.18. The second-order valence-corrected chi connectivity index (χ2v) is 5.33. The number of amides is 1. The smallest absolute Gasteiger partial charge is 0.246 e. The minimum atomic E-state index is -0.519. The van der Waals surface area contributed by atoms with Crippen LogP contribution in [-0.2, 0) is 9.53 Å². The van der Waals surface area contributed by atoms with E-state index in [0.717, 1.165) is 6.42 Å². The van der Waals surface area contributed by atoms with Crippen molar-refractivity contribution in [3.63, 3.8) is 0 Å². The number of nitrogens with two attached hydrogens (primary N) is 2. The Kier molecular flexibility index (Phi) is 5.46. The Morgan fingerprint density at radius 1 is 1.50 bits per heavy atom. The van der Waals surface area contributed by atoms with E-state index in [4.69, 9.17) is 32.5 Å². The van der Waals surface area contributed by atoms with Gasteiger partial charge in [-0.05, 0) is 31.0 Å². The number of rotatable bonds is 5. The number of aliphatic imine (C=N–C) groups is 1. The van der Waals surface area contributed by atoms with Gasteiger partial charge in [0.25, 0.3) is 0 Å². The zero-order valence-electron chi connectivity index (χ0n) is 12.2. The van der Waals surface area contributed by atoms with E-state index in [-0.39, 0.29) is 12.1 Å². The number of benzene rings is 1. The molecule has 0 bridgehead atoms. The van der Waals surface area contributed by atoms with Gasteiger partial charge in [-0.2, -0.15) is 0 Å². The summed E-state index contributed by atoms with van der Waals surface area (Å²) in [6.07, 6.45) is 0.697. The molecular weight excluding hydrogens is 308 g/mol. The number of guanidine groups is 1. The van der Waals surface area contributed by atoms with Crippen LogP contribution in [0, 0.1) is 0 Å². The Balaban J connectivity index is 1.88. The van der Waals surface area contributed by atoms with Gasteiger partial charge >= 0.3 is 0 Å². The number of hydrogen-bond acceptors (Lipinski definition) is 4. The summed E-state index contributed by atoms with van der Waals surface area (Å²) in [6.45, 7) is 0.368. The summed E-state index contributed by atoms with van der Waals surface area (Å²) >= 11 is 6.03. The maximum atomic E-state index is 11.0. The average molecular weight is 327 g/mol. The number of halogens is 1. The first kappa shape index (κ1) is 16.4. The van der Waals surface area contributed by atoms with Crippen LogP contribution in [0.4, 0.5) is 5.69 Å². The molecule has 1 heterocycles. The van der Waals surface area contributed by atoms with Crippen molar-refractivity contribution in [3.05, 3.63) is 23.2 Å². The normalized spacial score (nSPS) is 21.6. The number of primary amides is 1. The van der Waals surface area contributed by atoms with Gasteiger partial charge in [-0.15, -0.1) is 0 Å². The minimum Gasteiger partial charge on any atom is -0.495 e. The van der Waals surface area contributed by atoms with Gasteiger partial charge in [0.05, 0.1) is 24.8 Å². The fourth-order valence-corrected chi connectivity index (χ4v) is 2.44. The van der Waals surface area contributed by atoms with Crippen molar-refractivity contribution in [3.8, 4) is 5.75 Å². The number of ether oxygens (including phenoxy) is 2. The van der Waals surface area contributed by atoms with Crippen molar-refractivity contribution >= 4 is 29.2 Å². The molecule has 1 fully saturated rings. The number of carbonyl (C=O) groups excluding carboxylic acids is 1. The van der Waals surface area contributed by atoms with E-state index in [1.807, 2.05) is 0 Å². The molecule has 8 heteroatoms. The standard InChI is InChI=1S/C14H19ClN4O3/c1-21-11-4-2-8(6-10(11)15)19-14(17)18-7-9-3-5-12(22-9)13(16)20/h2,4,6,9,12H,3,5,7H2,1H3,(H2,16,20)(H3,17,18,19). The van der Waals surface area contributed by atoms with Gasteiger partial charge in [0, 0.05) is 5.69 Å².